The summed E-state index contributed by atoms with van der Waals surface area (Å²) in [5.74, 6) is 0.688. The van der Waals surface area contributed by atoms with E-state index in [4.69, 9.17) is 23.8 Å². The van der Waals surface area contributed by atoms with Crippen molar-refractivity contribution in [3.8, 4) is 17.1 Å². The van der Waals surface area contributed by atoms with Gasteiger partial charge in [0.15, 0.2) is 10.6 Å². The predicted octanol–water partition coefficient (Wildman–Crippen LogP) is 5.01. The second kappa shape index (κ2) is 5.52. The summed E-state index contributed by atoms with van der Waals surface area (Å²) in [5, 5.41) is 7.75. The lowest BCUT2D eigenvalue weighted by molar-refractivity contribution is 1.04. The number of halogens is 2. The fourth-order valence-corrected chi connectivity index (χ4v) is 2.76. The Kier molecular flexibility index (Phi) is 3.74. The molecule has 0 aliphatic rings. The Morgan fingerprint density at radius 1 is 1.15 bits per heavy atom. The van der Waals surface area contributed by atoms with Crippen LogP contribution in [-0.2, 0) is 0 Å². The van der Waals surface area contributed by atoms with Crippen LogP contribution in [0.1, 0.15) is 0 Å². The van der Waals surface area contributed by atoms with Gasteiger partial charge in [-0.1, -0.05) is 45.7 Å². The number of aromatic amines is 1. The third-order valence-corrected chi connectivity index (χ3v) is 3.95. The molecule has 1 N–H and O–H groups in total. The zero-order chi connectivity index (χ0) is 14.1. The summed E-state index contributed by atoms with van der Waals surface area (Å²) >= 11 is 15.0. The normalized spacial score (nSPS) is 10.7. The van der Waals surface area contributed by atoms with E-state index in [-0.39, 0.29) is 0 Å². The predicted molar refractivity (Wildman–Crippen MR) is 86.9 cm³/mol. The molecule has 0 fully saturated rings. The molecule has 100 valence electrons. The molecule has 6 heteroatoms. The third-order valence-electron chi connectivity index (χ3n) is 2.86. The van der Waals surface area contributed by atoms with E-state index >= 15 is 0 Å². The van der Waals surface area contributed by atoms with Crippen molar-refractivity contribution in [3.05, 3.63) is 62.8 Å². The highest BCUT2D eigenvalue weighted by Gasteiger charge is 2.13. The fraction of sp³-hybridized carbons (Fsp3) is 0. The van der Waals surface area contributed by atoms with Gasteiger partial charge in [-0.05, 0) is 42.5 Å². The highest BCUT2D eigenvalue weighted by atomic mass is 79.9. The van der Waals surface area contributed by atoms with Crippen LogP contribution in [0.2, 0.25) is 5.02 Å². The molecule has 0 saturated carbocycles. The minimum atomic E-state index is 0.530. The molecule has 1 heterocycles. The van der Waals surface area contributed by atoms with Gasteiger partial charge in [0.05, 0.1) is 5.02 Å². The number of nitrogens with one attached hydrogen (secondary N) is 1. The number of para-hydroxylation sites is 1. The summed E-state index contributed by atoms with van der Waals surface area (Å²) < 4.78 is 3.33. The Morgan fingerprint density at radius 3 is 2.65 bits per heavy atom. The zero-order valence-electron chi connectivity index (χ0n) is 10.2. The van der Waals surface area contributed by atoms with Crippen molar-refractivity contribution in [2.75, 3.05) is 0 Å². The molecule has 0 spiro atoms. The van der Waals surface area contributed by atoms with Crippen LogP contribution < -0.4 is 0 Å². The van der Waals surface area contributed by atoms with Gasteiger partial charge in [0.25, 0.3) is 0 Å². The Balaban J connectivity index is 2.27. The first-order chi connectivity index (χ1) is 9.66. The van der Waals surface area contributed by atoms with E-state index in [1.807, 2.05) is 53.1 Å². The Morgan fingerprint density at radius 2 is 1.90 bits per heavy atom. The topological polar surface area (TPSA) is 33.6 Å². The number of hydrogen-bond acceptors (Lipinski definition) is 2. The maximum absolute atomic E-state index is 6.28. The second-order valence-corrected chi connectivity index (χ2v) is 5.86. The summed E-state index contributed by atoms with van der Waals surface area (Å²) in [4.78, 5) is 0. The lowest BCUT2D eigenvalue weighted by Crippen LogP contribution is -1.97. The van der Waals surface area contributed by atoms with Crippen LogP contribution in [-0.4, -0.2) is 14.8 Å². The molecule has 0 aliphatic carbocycles. The van der Waals surface area contributed by atoms with Crippen molar-refractivity contribution in [1.29, 1.82) is 0 Å². The summed E-state index contributed by atoms with van der Waals surface area (Å²) in [6, 6.07) is 15.5. The smallest absolute Gasteiger partial charge is 0.200 e. The molecule has 3 nitrogen and oxygen atoms in total. The van der Waals surface area contributed by atoms with Crippen molar-refractivity contribution < 1.29 is 0 Å². The number of rotatable bonds is 2. The average Bonchev–Trinajstić information content (AvgIpc) is 2.84. The molecule has 1 aromatic heterocycles. The number of hydrogen-bond donors (Lipinski definition) is 1. The first-order valence-electron chi connectivity index (χ1n) is 5.85. The zero-order valence-corrected chi connectivity index (χ0v) is 13.3. The highest BCUT2D eigenvalue weighted by Crippen LogP contribution is 2.30. The van der Waals surface area contributed by atoms with Crippen molar-refractivity contribution in [2.24, 2.45) is 0 Å². The second-order valence-electron chi connectivity index (χ2n) is 4.15. The van der Waals surface area contributed by atoms with Gasteiger partial charge in [-0.15, -0.1) is 0 Å². The maximum Gasteiger partial charge on any atom is 0.200 e. The van der Waals surface area contributed by atoms with Gasteiger partial charge in [0.1, 0.15) is 0 Å². The van der Waals surface area contributed by atoms with Crippen molar-refractivity contribution in [3.63, 3.8) is 0 Å². The molecule has 20 heavy (non-hydrogen) atoms. The first kappa shape index (κ1) is 13.5. The molecule has 0 unspecified atom stereocenters. The van der Waals surface area contributed by atoms with Crippen LogP contribution in [0, 0.1) is 4.77 Å². The Hall–Kier alpha value is -1.43. The van der Waals surface area contributed by atoms with E-state index in [2.05, 4.69) is 26.1 Å². The minimum Gasteiger partial charge on any atom is -0.268 e. The summed E-state index contributed by atoms with van der Waals surface area (Å²) in [5.41, 5.74) is 1.76. The van der Waals surface area contributed by atoms with E-state index in [1.165, 1.54) is 0 Å². The van der Waals surface area contributed by atoms with Gasteiger partial charge in [-0.2, -0.15) is 5.10 Å². The van der Waals surface area contributed by atoms with Crippen LogP contribution in [0.15, 0.2) is 53.0 Å². The number of aromatic nitrogens is 3. The SMILES string of the molecule is S=c1[nH]nc(-c2cc(Br)ccc2Cl)n1-c1ccccc1. The molecule has 0 radical (unpaired) electrons. The largest absolute Gasteiger partial charge is 0.268 e. The summed E-state index contributed by atoms with van der Waals surface area (Å²) in [6.45, 7) is 0. The van der Waals surface area contributed by atoms with Crippen LogP contribution in [0.4, 0.5) is 0 Å². The monoisotopic (exact) mass is 365 g/mol. The van der Waals surface area contributed by atoms with Gasteiger partial charge < -0.3 is 0 Å². The average molecular weight is 367 g/mol. The molecule has 0 aliphatic heterocycles. The fourth-order valence-electron chi connectivity index (χ4n) is 1.96. The van der Waals surface area contributed by atoms with Gasteiger partial charge in [0, 0.05) is 15.7 Å². The van der Waals surface area contributed by atoms with Gasteiger partial charge >= 0.3 is 0 Å². The molecular weight excluding hydrogens is 358 g/mol. The van der Waals surface area contributed by atoms with Crippen LogP contribution in [0.25, 0.3) is 17.1 Å². The van der Waals surface area contributed by atoms with Crippen LogP contribution in [0.5, 0.6) is 0 Å². The molecule has 0 amide bonds. The highest BCUT2D eigenvalue weighted by molar-refractivity contribution is 9.10. The molecule has 3 rings (SSSR count). The molecule has 2 aromatic carbocycles. The van der Waals surface area contributed by atoms with Gasteiger partial charge in [0.2, 0.25) is 0 Å². The van der Waals surface area contributed by atoms with E-state index in [0.717, 1.165) is 15.7 Å². The molecular formula is C14H9BrClN3S. The van der Waals surface area contributed by atoms with E-state index in [1.54, 1.807) is 0 Å². The Labute approximate surface area is 134 Å². The number of benzene rings is 2. The lowest BCUT2D eigenvalue weighted by Gasteiger charge is -2.08. The third kappa shape index (κ3) is 2.44. The minimum absolute atomic E-state index is 0.530. The number of H-pyrrole nitrogens is 1. The van der Waals surface area contributed by atoms with E-state index < -0.39 is 0 Å². The Bertz CT molecular complexity index is 811. The molecule has 0 bridgehead atoms. The first-order valence-corrected chi connectivity index (χ1v) is 7.43. The van der Waals surface area contributed by atoms with Crippen molar-refractivity contribution in [2.45, 2.75) is 0 Å². The van der Waals surface area contributed by atoms with E-state index in [9.17, 15) is 0 Å². The number of nitrogens with zero attached hydrogens (tertiary/aromatic N) is 2. The quantitative estimate of drug-likeness (QED) is 0.647. The van der Waals surface area contributed by atoms with Gasteiger partial charge in [-0.3, -0.25) is 9.67 Å². The van der Waals surface area contributed by atoms with Crippen molar-refractivity contribution >= 4 is 39.7 Å². The molecule has 0 saturated heterocycles. The van der Waals surface area contributed by atoms with Gasteiger partial charge in [-0.25, -0.2) is 0 Å². The van der Waals surface area contributed by atoms with Crippen LogP contribution in [0.3, 0.4) is 0 Å². The molecule has 0 atom stereocenters. The van der Waals surface area contributed by atoms with Crippen molar-refractivity contribution in [1.82, 2.24) is 14.8 Å². The maximum atomic E-state index is 6.28. The van der Waals surface area contributed by atoms with Crippen LogP contribution >= 0.6 is 39.7 Å². The summed E-state index contributed by atoms with van der Waals surface area (Å²) in [6.07, 6.45) is 0. The molecule has 3 aromatic rings. The summed E-state index contributed by atoms with van der Waals surface area (Å²) in [7, 11) is 0. The van der Waals surface area contributed by atoms with E-state index in [0.29, 0.717) is 15.6 Å². The lowest BCUT2D eigenvalue weighted by atomic mass is 10.2. The standard InChI is InChI=1S/C14H9BrClN3S/c15-9-6-7-12(16)11(8-9)13-17-18-14(20)19(13)10-4-2-1-3-5-10/h1-8H,(H,18,20).